The van der Waals surface area contributed by atoms with Crippen LogP contribution in [0.1, 0.15) is 22.7 Å². The molecule has 0 heterocycles. The van der Waals surface area contributed by atoms with Gasteiger partial charge in [-0.2, -0.15) is 0 Å². The Morgan fingerprint density at radius 3 is 2.35 bits per heavy atom. The minimum Gasteiger partial charge on any atom is -0.313 e. The first kappa shape index (κ1) is 15.7. The first-order valence-corrected chi connectivity index (χ1v) is 7.96. The van der Waals surface area contributed by atoms with Gasteiger partial charge in [-0.3, -0.25) is 0 Å². The summed E-state index contributed by atoms with van der Waals surface area (Å²) in [6.07, 6.45) is 0.753. The second-order valence-electron chi connectivity index (χ2n) is 4.82. The van der Waals surface area contributed by atoms with E-state index in [-0.39, 0.29) is 11.9 Å². The van der Waals surface area contributed by atoms with Crippen LogP contribution < -0.4 is 5.32 Å². The highest BCUT2D eigenvalue weighted by molar-refractivity contribution is 9.11. The van der Waals surface area contributed by atoms with E-state index in [0.717, 1.165) is 32.1 Å². The van der Waals surface area contributed by atoms with E-state index >= 15 is 0 Å². The zero-order valence-electron chi connectivity index (χ0n) is 11.4. The molecule has 0 spiro atoms. The molecule has 0 bridgehead atoms. The Morgan fingerprint density at radius 1 is 1.10 bits per heavy atom. The number of halogens is 3. The van der Waals surface area contributed by atoms with Crippen LogP contribution in [0.4, 0.5) is 4.39 Å². The predicted octanol–water partition coefficient (Wildman–Crippen LogP) is 5.16. The molecule has 2 aromatic carbocycles. The van der Waals surface area contributed by atoms with Crippen molar-refractivity contribution in [3.8, 4) is 0 Å². The van der Waals surface area contributed by atoms with Crippen LogP contribution in [-0.2, 0) is 6.42 Å². The summed E-state index contributed by atoms with van der Waals surface area (Å²) in [6.45, 7) is 2.01. The van der Waals surface area contributed by atoms with E-state index in [0.29, 0.717) is 0 Å². The lowest BCUT2D eigenvalue weighted by Crippen LogP contribution is -2.19. The molecule has 4 heteroatoms. The van der Waals surface area contributed by atoms with Crippen LogP contribution in [0.2, 0.25) is 0 Å². The number of hydrogen-bond donors (Lipinski definition) is 1. The Bertz CT molecular complexity index is 593. The number of hydrogen-bond acceptors (Lipinski definition) is 1. The standard InChI is InChI=1S/C16H16Br2FN/c1-10-3-4-15(19)7-11(10)8-16(20-2)12-5-13(17)9-14(18)6-12/h3-7,9,16,20H,8H2,1-2H3. The summed E-state index contributed by atoms with van der Waals surface area (Å²) in [7, 11) is 1.92. The molecule has 0 saturated heterocycles. The van der Waals surface area contributed by atoms with Gasteiger partial charge in [0.2, 0.25) is 0 Å². The number of aryl methyl sites for hydroxylation is 1. The highest BCUT2D eigenvalue weighted by Gasteiger charge is 2.13. The third-order valence-electron chi connectivity index (χ3n) is 3.37. The van der Waals surface area contributed by atoms with Gasteiger partial charge in [0.25, 0.3) is 0 Å². The zero-order valence-corrected chi connectivity index (χ0v) is 14.6. The lowest BCUT2D eigenvalue weighted by Gasteiger charge is -2.19. The summed E-state index contributed by atoms with van der Waals surface area (Å²) < 4.78 is 15.4. The van der Waals surface area contributed by atoms with Crippen LogP contribution >= 0.6 is 31.9 Å². The normalized spacial score (nSPS) is 12.4. The number of likely N-dealkylation sites (N-methyl/N-ethyl adjacent to an activating group) is 1. The molecule has 0 fully saturated rings. The highest BCUT2D eigenvalue weighted by Crippen LogP contribution is 2.27. The maximum Gasteiger partial charge on any atom is 0.123 e. The summed E-state index contributed by atoms with van der Waals surface area (Å²) in [6, 6.07) is 11.3. The second-order valence-corrected chi connectivity index (χ2v) is 6.65. The SMILES string of the molecule is CNC(Cc1cc(F)ccc1C)c1cc(Br)cc(Br)c1. The van der Waals surface area contributed by atoms with Gasteiger partial charge in [0.1, 0.15) is 5.82 Å². The number of benzene rings is 2. The molecule has 0 aliphatic carbocycles. The summed E-state index contributed by atoms with van der Waals surface area (Å²) >= 11 is 7.01. The lowest BCUT2D eigenvalue weighted by atomic mass is 9.96. The van der Waals surface area contributed by atoms with E-state index in [4.69, 9.17) is 0 Å². The Kier molecular flexibility index (Phi) is 5.35. The number of rotatable bonds is 4. The fraction of sp³-hybridized carbons (Fsp3) is 0.250. The van der Waals surface area contributed by atoms with E-state index in [1.165, 1.54) is 6.07 Å². The molecule has 106 valence electrons. The molecule has 2 rings (SSSR count). The largest absolute Gasteiger partial charge is 0.313 e. The average molecular weight is 401 g/mol. The molecule has 0 saturated carbocycles. The van der Waals surface area contributed by atoms with Gasteiger partial charge >= 0.3 is 0 Å². The fourth-order valence-electron chi connectivity index (χ4n) is 2.24. The van der Waals surface area contributed by atoms with Crippen LogP contribution in [-0.4, -0.2) is 7.05 Å². The van der Waals surface area contributed by atoms with Crippen molar-refractivity contribution in [3.63, 3.8) is 0 Å². The predicted molar refractivity (Wildman–Crippen MR) is 88.5 cm³/mol. The van der Waals surface area contributed by atoms with Gasteiger partial charge in [-0.15, -0.1) is 0 Å². The summed E-state index contributed by atoms with van der Waals surface area (Å²) in [5.74, 6) is -0.184. The van der Waals surface area contributed by atoms with Gasteiger partial charge < -0.3 is 5.32 Å². The Morgan fingerprint density at radius 2 is 1.75 bits per heavy atom. The fourth-order valence-corrected chi connectivity index (χ4v) is 3.57. The maximum absolute atomic E-state index is 13.4. The minimum absolute atomic E-state index is 0.143. The molecular weight excluding hydrogens is 385 g/mol. The van der Waals surface area contributed by atoms with Crippen molar-refractivity contribution in [2.24, 2.45) is 0 Å². The Labute approximate surface area is 135 Å². The van der Waals surface area contributed by atoms with Gasteiger partial charge in [0, 0.05) is 15.0 Å². The smallest absolute Gasteiger partial charge is 0.123 e. The maximum atomic E-state index is 13.4. The van der Waals surface area contributed by atoms with Crippen molar-refractivity contribution in [1.82, 2.24) is 5.32 Å². The van der Waals surface area contributed by atoms with Crippen LogP contribution in [0.3, 0.4) is 0 Å². The molecule has 1 atom stereocenters. The second kappa shape index (κ2) is 6.83. The average Bonchev–Trinajstić information content (AvgIpc) is 2.38. The molecule has 0 aliphatic heterocycles. The lowest BCUT2D eigenvalue weighted by molar-refractivity contribution is 0.582. The van der Waals surface area contributed by atoms with Crippen LogP contribution in [0.25, 0.3) is 0 Å². The van der Waals surface area contributed by atoms with Crippen LogP contribution in [0.15, 0.2) is 45.3 Å². The molecule has 1 N–H and O–H groups in total. The third kappa shape index (κ3) is 3.90. The van der Waals surface area contributed by atoms with E-state index in [1.807, 2.05) is 26.1 Å². The summed E-state index contributed by atoms with van der Waals surface area (Å²) in [4.78, 5) is 0. The van der Waals surface area contributed by atoms with E-state index in [9.17, 15) is 4.39 Å². The monoisotopic (exact) mass is 399 g/mol. The van der Waals surface area contributed by atoms with Gasteiger partial charge in [-0.1, -0.05) is 37.9 Å². The van der Waals surface area contributed by atoms with Crippen molar-refractivity contribution in [3.05, 3.63) is 67.9 Å². The molecule has 1 nitrogen and oxygen atoms in total. The molecule has 0 amide bonds. The van der Waals surface area contributed by atoms with Crippen molar-refractivity contribution in [2.45, 2.75) is 19.4 Å². The summed E-state index contributed by atoms with van der Waals surface area (Å²) in [5, 5.41) is 3.30. The van der Waals surface area contributed by atoms with Crippen LogP contribution in [0.5, 0.6) is 0 Å². The molecular formula is C16H16Br2FN. The van der Waals surface area contributed by atoms with Crippen molar-refractivity contribution in [2.75, 3.05) is 7.05 Å². The highest BCUT2D eigenvalue weighted by atomic mass is 79.9. The molecule has 1 unspecified atom stereocenters. The van der Waals surface area contributed by atoms with Gasteiger partial charge in [-0.05, 0) is 67.4 Å². The van der Waals surface area contributed by atoms with Crippen molar-refractivity contribution in [1.29, 1.82) is 0 Å². The van der Waals surface area contributed by atoms with Crippen molar-refractivity contribution < 1.29 is 4.39 Å². The van der Waals surface area contributed by atoms with Gasteiger partial charge in [0.05, 0.1) is 0 Å². The zero-order chi connectivity index (χ0) is 14.7. The van der Waals surface area contributed by atoms with E-state index < -0.39 is 0 Å². The molecule has 20 heavy (non-hydrogen) atoms. The number of nitrogens with one attached hydrogen (secondary N) is 1. The van der Waals surface area contributed by atoms with Crippen molar-refractivity contribution >= 4 is 31.9 Å². The molecule has 0 radical (unpaired) electrons. The molecule has 0 aromatic heterocycles. The van der Waals surface area contributed by atoms with E-state index in [2.05, 4.69) is 49.3 Å². The van der Waals surface area contributed by atoms with Gasteiger partial charge in [-0.25, -0.2) is 4.39 Å². The Balaban J connectivity index is 2.30. The first-order valence-electron chi connectivity index (χ1n) is 6.38. The van der Waals surface area contributed by atoms with Gasteiger partial charge in [0.15, 0.2) is 0 Å². The Hall–Kier alpha value is -0.710. The van der Waals surface area contributed by atoms with Crippen LogP contribution in [0, 0.1) is 12.7 Å². The molecule has 0 aliphatic rings. The third-order valence-corrected chi connectivity index (χ3v) is 4.29. The van der Waals surface area contributed by atoms with E-state index in [1.54, 1.807) is 6.07 Å². The minimum atomic E-state index is -0.184. The first-order chi connectivity index (χ1) is 9.49. The summed E-state index contributed by atoms with van der Waals surface area (Å²) in [5.41, 5.74) is 3.30. The topological polar surface area (TPSA) is 12.0 Å². The molecule has 2 aromatic rings. The quantitative estimate of drug-likeness (QED) is 0.747.